The monoisotopic (exact) mass is 339 g/mol. The summed E-state index contributed by atoms with van der Waals surface area (Å²) in [5.41, 5.74) is 0.675. The van der Waals surface area contributed by atoms with Crippen LogP contribution in [-0.2, 0) is 19.1 Å². The van der Waals surface area contributed by atoms with Crippen LogP contribution in [0.1, 0.15) is 38.3 Å². The number of halogens is 1. The minimum Gasteiger partial charge on any atom is -0.212 e. The van der Waals surface area contributed by atoms with Gasteiger partial charge in [0, 0.05) is 16.7 Å². The molecule has 0 saturated carbocycles. The average molecular weight is 340 g/mol. The van der Waals surface area contributed by atoms with Crippen molar-refractivity contribution in [3.05, 3.63) is 29.8 Å². The lowest BCUT2D eigenvalue weighted by Gasteiger charge is -2.14. The molecule has 0 aliphatic heterocycles. The summed E-state index contributed by atoms with van der Waals surface area (Å²) in [7, 11) is -1.87. The Kier molecular flexibility index (Phi) is 6.00. The van der Waals surface area contributed by atoms with Crippen LogP contribution in [0, 0.1) is 0 Å². The molecule has 1 unspecified atom stereocenters. The summed E-state index contributed by atoms with van der Waals surface area (Å²) in [5.74, 6) is 0.0853. The molecule has 8 heteroatoms. The number of hydrogen-bond donors (Lipinski definition) is 1. The summed E-state index contributed by atoms with van der Waals surface area (Å²) in [5, 5.41) is 0. The van der Waals surface area contributed by atoms with Crippen molar-refractivity contribution in [2.45, 2.75) is 37.6 Å². The first kappa shape index (κ1) is 17.4. The molecule has 0 amide bonds. The largest absolute Gasteiger partial charge is 0.261 e. The van der Waals surface area contributed by atoms with Crippen LogP contribution < -0.4 is 4.72 Å². The highest BCUT2D eigenvalue weighted by Gasteiger charge is 2.16. The van der Waals surface area contributed by atoms with Crippen molar-refractivity contribution >= 4 is 29.8 Å². The Morgan fingerprint density at radius 3 is 2.15 bits per heavy atom. The van der Waals surface area contributed by atoms with Gasteiger partial charge in [0.15, 0.2) is 0 Å². The number of hydrogen-bond acceptors (Lipinski definition) is 4. The van der Waals surface area contributed by atoms with Crippen LogP contribution in [0.4, 0.5) is 0 Å². The molecular formula is C12H18ClNO4S2. The van der Waals surface area contributed by atoms with Crippen molar-refractivity contribution in [1.82, 2.24) is 4.72 Å². The zero-order valence-electron chi connectivity index (χ0n) is 11.3. The van der Waals surface area contributed by atoms with Crippen LogP contribution in [0.15, 0.2) is 29.2 Å². The minimum absolute atomic E-state index is 0.0102. The molecular weight excluding hydrogens is 322 g/mol. The van der Waals surface area contributed by atoms with Crippen LogP contribution in [0.3, 0.4) is 0 Å². The molecule has 5 nitrogen and oxygen atoms in total. The van der Waals surface area contributed by atoms with Crippen LogP contribution >= 0.6 is 10.7 Å². The lowest BCUT2D eigenvalue weighted by atomic mass is 10.1. The highest BCUT2D eigenvalue weighted by atomic mass is 35.7. The molecule has 0 spiro atoms. The fourth-order valence-electron chi connectivity index (χ4n) is 1.65. The van der Waals surface area contributed by atoms with Crippen molar-refractivity contribution in [3.63, 3.8) is 0 Å². The maximum atomic E-state index is 11.8. The lowest BCUT2D eigenvalue weighted by molar-refractivity contribution is 0.563. The molecule has 0 heterocycles. The molecule has 1 rings (SSSR count). The number of nitrogens with one attached hydrogen (secondary N) is 1. The van der Waals surface area contributed by atoms with Crippen LogP contribution in [0.5, 0.6) is 0 Å². The van der Waals surface area contributed by atoms with E-state index in [4.69, 9.17) is 10.7 Å². The summed E-state index contributed by atoms with van der Waals surface area (Å²) in [6.07, 6.45) is 1.41. The average Bonchev–Trinajstić information content (AvgIpc) is 2.35. The van der Waals surface area contributed by atoms with E-state index in [0.717, 1.165) is 6.42 Å². The highest BCUT2D eigenvalue weighted by Crippen LogP contribution is 2.19. The smallest absolute Gasteiger partial charge is 0.212 e. The number of benzene rings is 1. The molecule has 0 aliphatic carbocycles. The van der Waals surface area contributed by atoms with Gasteiger partial charge in [-0.25, -0.2) is 21.6 Å². The van der Waals surface area contributed by atoms with E-state index in [9.17, 15) is 16.8 Å². The first-order chi connectivity index (χ1) is 9.15. The molecule has 1 N–H and O–H groups in total. The summed E-state index contributed by atoms with van der Waals surface area (Å²) >= 11 is 0. The fraction of sp³-hybridized carbons (Fsp3) is 0.500. The van der Waals surface area contributed by atoms with Gasteiger partial charge in [0.2, 0.25) is 10.0 Å². The molecule has 114 valence electrons. The van der Waals surface area contributed by atoms with Crippen molar-refractivity contribution < 1.29 is 16.8 Å². The number of unbranched alkanes of at least 4 members (excludes halogenated alkanes) is 1. The van der Waals surface area contributed by atoms with E-state index >= 15 is 0 Å². The summed E-state index contributed by atoms with van der Waals surface area (Å²) in [6, 6.07) is 5.37. The van der Waals surface area contributed by atoms with Crippen LogP contribution in [-0.4, -0.2) is 22.6 Å². The first-order valence-electron chi connectivity index (χ1n) is 6.20. The van der Waals surface area contributed by atoms with Crippen LogP contribution in [0.25, 0.3) is 0 Å². The Hall–Kier alpha value is -0.630. The van der Waals surface area contributed by atoms with E-state index in [1.54, 1.807) is 19.1 Å². The Balaban J connectivity index is 2.81. The van der Waals surface area contributed by atoms with Crippen molar-refractivity contribution in [1.29, 1.82) is 0 Å². The molecule has 0 radical (unpaired) electrons. The SMILES string of the molecule is CCCCS(=O)(=O)NC(C)c1ccc(S(=O)(=O)Cl)cc1. The second kappa shape index (κ2) is 6.89. The van der Waals surface area contributed by atoms with E-state index < -0.39 is 25.1 Å². The van der Waals surface area contributed by atoms with Gasteiger partial charge in [-0.05, 0) is 31.0 Å². The number of rotatable bonds is 7. The Morgan fingerprint density at radius 2 is 1.70 bits per heavy atom. The second-order valence-electron chi connectivity index (χ2n) is 4.52. The predicted octanol–water partition coefficient (Wildman–Crippen LogP) is 2.39. The molecule has 20 heavy (non-hydrogen) atoms. The van der Waals surface area contributed by atoms with E-state index in [2.05, 4.69) is 4.72 Å². The predicted molar refractivity (Wildman–Crippen MR) is 79.7 cm³/mol. The van der Waals surface area contributed by atoms with Gasteiger partial charge in [-0.1, -0.05) is 25.5 Å². The van der Waals surface area contributed by atoms with Gasteiger partial charge < -0.3 is 0 Å². The maximum absolute atomic E-state index is 11.8. The molecule has 1 aromatic carbocycles. The quantitative estimate of drug-likeness (QED) is 0.773. The molecule has 0 fully saturated rings. The highest BCUT2D eigenvalue weighted by molar-refractivity contribution is 8.13. The van der Waals surface area contributed by atoms with Gasteiger partial charge in [-0.2, -0.15) is 0 Å². The van der Waals surface area contributed by atoms with E-state index in [0.29, 0.717) is 12.0 Å². The molecule has 1 aromatic rings. The van der Waals surface area contributed by atoms with Crippen LogP contribution in [0.2, 0.25) is 0 Å². The Labute approximate surface area is 124 Å². The second-order valence-corrected chi connectivity index (χ2v) is 8.96. The lowest BCUT2D eigenvalue weighted by Crippen LogP contribution is -2.29. The van der Waals surface area contributed by atoms with Gasteiger partial charge in [0.1, 0.15) is 0 Å². The third-order valence-corrected chi connectivity index (χ3v) is 5.69. The third kappa shape index (κ3) is 5.40. The van der Waals surface area contributed by atoms with E-state index in [1.807, 2.05) is 6.92 Å². The molecule has 0 aliphatic rings. The Bertz CT molecular complexity index is 639. The summed E-state index contributed by atoms with van der Waals surface area (Å²) in [4.78, 5) is -0.0102. The molecule has 0 bridgehead atoms. The standard InChI is InChI=1S/C12H18ClNO4S2/c1-3-4-9-19(15,16)14-10(2)11-5-7-12(8-6-11)20(13,17)18/h5-8,10,14H,3-4,9H2,1-2H3. The third-order valence-electron chi connectivity index (χ3n) is 2.78. The Morgan fingerprint density at radius 1 is 1.15 bits per heavy atom. The maximum Gasteiger partial charge on any atom is 0.261 e. The molecule has 0 saturated heterocycles. The topological polar surface area (TPSA) is 80.3 Å². The van der Waals surface area contributed by atoms with E-state index in [-0.39, 0.29) is 10.6 Å². The van der Waals surface area contributed by atoms with E-state index in [1.165, 1.54) is 12.1 Å². The fourth-order valence-corrected chi connectivity index (χ4v) is 3.88. The van der Waals surface area contributed by atoms with Gasteiger partial charge >= 0.3 is 0 Å². The van der Waals surface area contributed by atoms with Gasteiger partial charge in [0.25, 0.3) is 9.05 Å². The zero-order valence-corrected chi connectivity index (χ0v) is 13.7. The van der Waals surface area contributed by atoms with Crippen molar-refractivity contribution in [2.75, 3.05) is 5.75 Å². The summed E-state index contributed by atoms with van der Waals surface area (Å²) in [6.45, 7) is 3.62. The van der Waals surface area contributed by atoms with Gasteiger partial charge in [-0.3, -0.25) is 0 Å². The normalized spacial score (nSPS) is 14.2. The molecule has 0 aromatic heterocycles. The zero-order chi connectivity index (χ0) is 15.4. The van der Waals surface area contributed by atoms with Crippen molar-refractivity contribution in [2.24, 2.45) is 0 Å². The summed E-state index contributed by atoms with van der Waals surface area (Å²) < 4.78 is 48.3. The first-order valence-corrected chi connectivity index (χ1v) is 10.2. The van der Waals surface area contributed by atoms with Gasteiger partial charge in [-0.15, -0.1) is 0 Å². The number of sulfonamides is 1. The van der Waals surface area contributed by atoms with Crippen molar-refractivity contribution in [3.8, 4) is 0 Å². The minimum atomic E-state index is -3.76. The van der Waals surface area contributed by atoms with Gasteiger partial charge in [0.05, 0.1) is 10.6 Å². The molecule has 1 atom stereocenters.